The molecule has 2 aromatic heterocycles. The van der Waals surface area contributed by atoms with Gasteiger partial charge >= 0.3 is 0 Å². The Morgan fingerprint density at radius 3 is 2.52 bits per heavy atom. The number of nitrogens with zero attached hydrogens (tertiary/aromatic N) is 1. The van der Waals surface area contributed by atoms with E-state index in [1.165, 1.54) is 6.26 Å². The number of H-pyrrole nitrogens is 1. The van der Waals surface area contributed by atoms with Crippen LogP contribution in [0, 0.1) is 6.92 Å². The lowest BCUT2D eigenvalue weighted by molar-refractivity contribution is 0.454. The Balaban J connectivity index is 2.15. The molecule has 3 rings (SSSR count). The fraction of sp³-hybridized carbons (Fsp3) is 0.0667. The predicted molar refractivity (Wildman–Crippen MR) is 82.1 cm³/mol. The van der Waals surface area contributed by atoms with E-state index in [2.05, 4.69) is 25.9 Å². The number of aryl methyl sites for hydroxylation is 1. The molecule has 21 heavy (non-hydrogen) atoms. The minimum atomic E-state index is -0.402. The summed E-state index contributed by atoms with van der Waals surface area (Å²) < 4.78 is 6.07. The third-order valence-corrected chi connectivity index (χ3v) is 3.68. The highest BCUT2D eigenvalue weighted by atomic mass is 79.9. The summed E-state index contributed by atoms with van der Waals surface area (Å²) in [4.78, 5) is 19.0. The average Bonchev–Trinajstić information content (AvgIpc) is 2.86. The summed E-state index contributed by atoms with van der Waals surface area (Å²) >= 11 is 3.33. The fourth-order valence-electron chi connectivity index (χ4n) is 2.10. The summed E-state index contributed by atoms with van der Waals surface area (Å²) in [7, 11) is 0. The van der Waals surface area contributed by atoms with E-state index in [1.54, 1.807) is 37.3 Å². The van der Waals surface area contributed by atoms with Crippen molar-refractivity contribution >= 4 is 15.9 Å². The molecular formula is C15H11BrN2O3. The molecule has 106 valence electrons. The van der Waals surface area contributed by atoms with Crippen molar-refractivity contribution in [3.05, 3.63) is 57.2 Å². The second kappa shape index (κ2) is 5.21. The van der Waals surface area contributed by atoms with Gasteiger partial charge in [-0.25, -0.2) is 0 Å². The molecule has 0 bridgehead atoms. The van der Waals surface area contributed by atoms with Gasteiger partial charge in [-0.1, -0.05) is 28.1 Å². The lowest BCUT2D eigenvalue weighted by Crippen LogP contribution is -2.12. The summed E-state index contributed by atoms with van der Waals surface area (Å²) in [5.74, 6) is 0.593. The number of rotatable bonds is 2. The normalized spacial score (nSPS) is 10.8. The first kappa shape index (κ1) is 13.6. The van der Waals surface area contributed by atoms with Crippen molar-refractivity contribution in [1.29, 1.82) is 0 Å². The molecule has 0 spiro atoms. The van der Waals surface area contributed by atoms with Gasteiger partial charge in [0.1, 0.15) is 17.1 Å². The largest absolute Gasteiger partial charge is 0.493 e. The second-order valence-electron chi connectivity index (χ2n) is 4.51. The Morgan fingerprint density at radius 2 is 1.95 bits per heavy atom. The summed E-state index contributed by atoms with van der Waals surface area (Å²) in [6.07, 6.45) is 1.50. The number of aromatic amines is 1. The van der Waals surface area contributed by atoms with Gasteiger partial charge in [-0.3, -0.25) is 4.79 Å². The molecule has 0 fully saturated rings. The topological polar surface area (TPSA) is 79.1 Å². The van der Waals surface area contributed by atoms with Gasteiger partial charge in [-0.05, 0) is 30.7 Å². The number of furan rings is 1. The second-order valence-corrected chi connectivity index (χ2v) is 5.43. The number of aromatic hydroxyl groups is 1. The summed E-state index contributed by atoms with van der Waals surface area (Å²) in [5.41, 5.74) is 0.984. The Labute approximate surface area is 128 Å². The molecule has 0 atom stereocenters. The van der Waals surface area contributed by atoms with Gasteiger partial charge in [0.05, 0.1) is 11.8 Å². The van der Waals surface area contributed by atoms with Crippen molar-refractivity contribution < 1.29 is 9.52 Å². The minimum absolute atomic E-state index is 0.146. The van der Waals surface area contributed by atoms with E-state index in [0.717, 1.165) is 4.47 Å². The molecule has 0 radical (unpaired) electrons. The predicted octanol–water partition coefficient (Wildman–Crippen LogP) is 3.47. The fourth-order valence-corrected chi connectivity index (χ4v) is 2.36. The molecule has 0 saturated carbocycles. The van der Waals surface area contributed by atoms with Crippen LogP contribution in [0.2, 0.25) is 0 Å². The number of halogens is 1. The first-order valence-corrected chi connectivity index (χ1v) is 6.99. The quantitative estimate of drug-likeness (QED) is 0.744. The van der Waals surface area contributed by atoms with Crippen molar-refractivity contribution in [2.45, 2.75) is 6.92 Å². The SMILES string of the molecule is Cc1occc1-c1nc(O)c(-c2ccc(Br)cc2)c(=O)[nH]1. The van der Waals surface area contributed by atoms with Crippen molar-refractivity contribution in [3.63, 3.8) is 0 Å². The van der Waals surface area contributed by atoms with E-state index in [-0.39, 0.29) is 17.3 Å². The molecule has 5 nitrogen and oxygen atoms in total. The van der Waals surface area contributed by atoms with Gasteiger partial charge in [-0.2, -0.15) is 4.98 Å². The van der Waals surface area contributed by atoms with Crippen molar-refractivity contribution in [2.75, 3.05) is 0 Å². The number of benzene rings is 1. The van der Waals surface area contributed by atoms with Crippen LogP contribution in [0.15, 0.2) is 50.3 Å². The molecule has 3 aromatic rings. The van der Waals surface area contributed by atoms with E-state index < -0.39 is 5.56 Å². The third kappa shape index (κ3) is 2.50. The Hall–Kier alpha value is -2.34. The highest BCUT2D eigenvalue weighted by molar-refractivity contribution is 9.10. The van der Waals surface area contributed by atoms with Gasteiger partial charge in [0, 0.05) is 4.47 Å². The van der Waals surface area contributed by atoms with E-state index in [4.69, 9.17) is 4.42 Å². The maximum Gasteiger partial charge on any atom is 0.262 e. The molecule has 0 aliphatic rings. The van der Waals surface area contributed by atoms with Crippen molar-refractivity contribution in [2.24, 2.45) is 0 Å². The Morgan fingerprint density at radius 1 is 1.24 bits per heavy atom. The van der Waals surface area contributed by atoms with Crippen LogP contribution < -0.4 is 5.56 Å². The molecule has 0 aliphatic heterocycles. The summed E-state index contributed by atoms with van der Waals surface area (Å²) in [6.45, 7) is 1.76. The van der Waals surface area contributed by atoms with E-state index >= 15 is 0 Å². The van der Waals surface area contributed by atoms with Crippen LogP contribution in [0.1, 0.15) is 5.76 Å². The van der Waals surface area contributed by atoms with Crippen molar-refractivity contribution in [3.8, 4) is 28.4 Å². The molecule has 2 heterocycles. The van der Waals surface area contributed by atoms with Crippen LogP contribution in [-0.2, 0) is 0 Å². The zero-order chi connectivity index (χ0) is 15.0. The van der Waals surface area contributed by atoms with Crippen LogP contribution in [0.5, 0.6) is 5.88 Å². The molecule has 0 saturated heterocycles. The molecule has 2 N–H and O–H groups in total. The van der Waals surface area contributed by atoms with E-state index in [1.807, 2.05) is 0 Å². The first-order valence-electron chi connectivity index (χ1n) is 6.20. The van der Waals surface area contributed by atoms with E-state index in [0.29, 0.717) is 16.9 Å². The van der Waals surface area contributed by atoms with Gasteiger partial charge < -0.3 is 14.5 Å². The maximum atomic E-state index is 12.3. The molecule has 6 heteroatoms. The van der Waals surface area contributed by atoms with Gasteiger partial charge in [0.15, 0.2) is 0 Å². The minimum Gasteiger partial charge on any atom is -0.493 e. The van der Waals surface area contributed by atoms with Crippen molar-refractivity contribution in [1.82, 2.24) is 9.97 Å². The highest BCUT2D eigenvalue weighted by Gasteiger charge is 2.15. The highest BCUT2D eigenvalue weighted by Crippen LogP contribution is 2.28. The summed E-state index contributed by atoms with van der Waals surface area (Å²) in [5, 5.41) is 10.1. The van der Waals surface area contributed by atoms with Crippen LogP contribution in [0.4, 0.5) is 0 Å². The average molecular weight is 347 g/mol. The van der Waals surface area contributed by atoms with Gasteiger partial charge in [0.2, 0.25) is 5.88 Å². The third-order valence-electron chi connectivity index (χ3n) is 3.15. The number of aromatic nitrogens is 2. The Kier molecular flexibility index (Phi) is 3.39. The Bertz CT molecular complexity index is 850. The van der Waals surface area contributed by atoms with Gasteiger partial charge in [0.25, 0.3) is 5.56 Å². The summed E-state index contributed by atoms with van der Waals surface area (Å²) in [6, 6.07) is 8.74. The number of hydrogen-bond donors (Lipinski definition) is 2. The number of hydrogen-bond acceptors (Lipinski definition) is 4. The maximum absolute atomic E-state index is 12.3. The number of nitrogens with one attached hydrogen (secondary N) is 1. The lowest BCUT2D eigenvalue weighted by Gasteiger charge is -2.06. The van der Waals surface area contributed by atoms with Crippen LogP contribution in [-0.4, -0.2) is 15.1 Å². The van der Waals surface area contributed by atoms with Crippen LogP contribution >= 0.6 is 15.9 Å². The first-order chi connectivity index (χ1) is 10.1. The molecule has 1 aromatic carbocycles. The standard InChI is InChI=1S/C15H11BrN2O3/c1-8-11(6-7-21-8)13-17-14(19)12(15(20)18-13)9-2-4-10(16)5-3-9/h2-7H,1H3,(H2,17,18,19,20). The monoisotopic (exact) mass is 346 g/mol. The molecular weight excluding hydrogens is 336 g/mol. The van der Waals surface area contributed by atoms with Gasteiger partial charge in [-0.15, -0.1) is 0 Å². The van der Waals surface area contributed by atoms with Crippen LogP contribution in [0.25, 0.3) is 22.5 Å². The lowest BCUT2D eigenvalue weighted by atomic mass is 10.1. The van der Waals surface area contributed by atoms with E-state index in [9.17, 15) is 9.90 Å². The molecule has 0 amide bonds. The smallest absolute Gasteiger partial charge is 0.262 e. The van der Waals surface area contributed by atoms with Crippen LogP contribution in [0.3, 0.4) is 0 Å². The molecule has 0 unspecified atom stereocenters. The zero-order valence-corrected chi connectivity index (χ0v) is 12.6. The zero-order valence-electron chi connectivity index (χ0n) is 11.1. The molecule has 0 aliphatic carbocycles.